The molecule has 1 amide bonds. The highest BCUT2D eigenvalue weighted by atomic mass is 19.4. The van der Waals surface area contributed by atoms with Gasteiger partial charge in [-0.05, 0) is 48.9 Å². The van der Waals surface area contributed by atoms with Gasteiger partial charge in [0.2, 0.25) is 11.7 Å². The molecule has 3 aromatic carbocycles. The number of para-hydroxylation sites is 3. The van der Waals surface area contributed by atoms with Crippen LogP contribution in [-0.2, 0) is 23.9 Å². The Bertz CT molecular complexity index is 1700. The Morgan fingerprint density at radius 3 is 2.27 bits per heavy atom. The lowest BCUT2D eigenvalue weighted by atomic mass is 10.0. The van der Waals surface area contributed by atoms with Gasteiger partial charge in [-0.25, -0.2) is 9.38 Å². The molecule has 188 valence electrons. The molecule has 0 aliphatic rings. The van der Waals surface area contributed by atoms with E-state index in [9.17, 15) is 22.8 Å². The van der Waals surface area contributed by atoms with E-state index in [2.05, 4.69) is 5.32 Å². The maximum Gasteiger partial charge on any atom is 0.416 e. The van der Waals surface area contributed by atoms with Crippen LogP contribution in [0.15, 0.2) is 77.6 Å². The number of nitrogens with zero attached hydrogens (tertiary/aromatic N) is 3. The maximum absolute atomic E-state index is 13.8. The highest BCUT2D eigenvalue weighted by molar-refractivity contribution is 5.93. The highest BCUT2D eigenvalue weighted by Crippen LogP contribution is 2.30. The van der Waals surface area contributed by atoms with Gasteiger partial charge in [-0.1, -0.05) is 37.3 Å². The number of nitrogens with one attached hydrogen (secondary N) is 1. The van der Waals surface area contributed by atoms with Crippen molar-refractivity contribution in [2.75, 3.05) is 11.1 Å². The number of anilines is 2. The Kier molecular flexibility index (Phi) is 5.94. The van der Waals surface area contributed by atoms with E-state index in [1.165, 1.54) is 16.5 Å². The minimum atomic E-state index is -4.47. The first-order chi connectivity index (χ1) is 17.7. The summed E-state index contributed by atoms with van der Waals surface area (Å²) in [5.41, 5.74) is 8.44. The molecule has 37 heavy (non-hydrogen) atoms. The first-order valence-electron chi connectivity index (χ1n) is 11.5. The second-order valence-corrected chi connectivity index (χ2v) is 8.51. The molecule has 0 saturated heterocycles. The molecule has 3 N–H and O–H groups in total. The number of aryl methyl sites for hydroxylation is 1. The van der Waals surface area contributed by atoms with Gasteiger partial charge >= 0.3 is 6.18 Å². The molecular formula is C27H22F3N5O2. The summed E-state index contributed by atoms with van der Waals surface area (Å²) >= 11 is 0. The van der Waals surface area contributed by atoms with Crippen molar-refractivity contribution >= 4 is 34.1 Å². The van der Waals surface area contributed by atoms with Gasteiger partial charge in [0.05, 0.1) is 27.9 Å². The second-order valence-electron chi connectivity index (χ2n) is 8.51. The van der Waals surface area contributed by atoms with Gasteiger partial charge in [0.25, 0.3) is 5.56 Å². The van der Waals surface area contributed by atoms with Crippen LogP contribution in [0.2, 0.25) is 0 Å². The smallest absolute Gasteiger partial charge is 0.398 e. The zero-order valence-corrected chi connectivity index (χ0v) is 19.7. The van der Waals surface area contributed by atoms with Crippen molar-refractivity contribution in [3.05, 3.63) is 94.4 Å². The van der Waals surface area contributed by atoms with E-state index in [4.69, 9.17) is 10.7 Å². The highest BCUT2D eigenvalue weighted by Gasteiger charge is 2.30. The molecule has 0 saturated carbocycles. The first kappa shape index (κ1) is 24.1. The number of amides is 1. The third kappa shape index (κ3) is 4.31. The normalized spacial score (nSPS) is 11.8. The summed E-state index contributed by atoms with van der Waals surface area (Å²) in [7, 11) is 0. The Labute approximate surface area is 209 Å². The molecule has 5 rings (SSSR count). The number of benzene rings is 3. The molecule has 0 spiro atoms. The minimum Gasteiger partial charge on any atom is -0.398 e. The quantitative estimate of drug-likeness (QED) is 0.324. The molecule has 0 atom stereocenters. The fourth-order valence-electron chi connectivity index (χ4n) is 4.43. The second kappa shape index (κ2) is 9.12. The molecule has 7 nitrogen and oxygen atoms in total. The molecule has 0 aliphatic heterocycles. The van der Waals surface area contributed by atoms with Gasteiger partial charge in [0.15, 0.2) is 0 Å². The lowest BCUT2D eigenvalue weighted by Gasteiger charge is -2.12. The van der Waals surface area contributed by atoms with Crippen LogP contribution in [-0.4, -0.2) is 19.9 Å². The standard InChI is InChI=1S/C27H22F3N5O2/c1-2-20-24(18-7-3-4-8-19(18)31)25(37)35-22-10-6-5-9-21(22)34(26(35)33-20)15-23(36)32-17-13-11-16(12-14-17)27(28,29)30/h3-14H,2,15,31H2,1H3,(H,32,36). The van der Waals surface area contributed by atoms with E-state index < -0.39 is 17.6 Å². The number of hydrogen-bond acceptors (Lipinski definition) is 4. The third-order valence-corrected chi connectivity index (χ3v) is 6.16. The Morgan fingerprint density at radius 2 is 1.62 bits per heavy atom. The largest absolute Gasteiger partial charge is 0.416 e. The lowest BCUT2D eigenvalue weighted by molar-refractivity contribution is -0.137. The minimum absolute atomic E-state index is 0.208. The number of imidazole rings is 1. The topological polar surface area (TPSA) is 94.4 Å². The van der Waals surface area contributed by atoms with E-state index in [1.807, 2.05) is 6.92 Å². The van der Waals surface area contributed by atoms with E-state index in [1.54, 1.807) is 53.1 Å². The zero-order chi connectivity index (χ0) is 26.3. The van der Waals surface area contributed by atoms with E-state index in [0.29, 0.717) is 40.0 Å². The fourth-order valence-corrected chi connectivity index (χ4v) is 4.43. The number of nitrogens with two attached hydrogens (primary N) is 1. The van der Waals surface area contributed by atoms with E-state index >= 15 is 0 Å². The molecular weight excluding hydrogens is 483 g/mol. The Morgan fingerprint density at radius 1 is 0.973 bits per heavy atom. The molecule has 0 aliphatic carbocycles. The van der Waals surface area contributed by atoms with Crippen molar-refractivity contribution in [3.8, 4) is 11.1 Å². The number of hydrogen-bond donors (Lipinski definition) is 2. The van der Waals surface area contributed by atoms with Crippen molar-refractivity contribution in [2.45, 2.75) is 26.1 Å². The zero-order valence-electron chi connectivity index (χ0n) is 19.7. The molecule has 0 fully saturated rings. The van der Waals surface area contributed by atoms with Gasteiger partial charge in [-0.15, -0.1) is 0 Å². The average Bonchev–Trinajstić information content (AvgIpc) is 3.18. The van der Waals surface area contributed by atoms with Crippen LogP contribution in [0.4, 0.5) is 24.5 Å². The maximum atomic E-state index is 13.8. The lowest BCUT2D eigenvalue weighted by Crippen LogP contribution is -2.23. The summed E-state index contributed by atoms with van der Waals surface area (Å²) in [4.78, 5) is 31.5. The number of carbonyl (C=O) groups is 1. The summed E-state index contributed by atoms with van der Waals surface area (Å²) in [6.45, 7) is 1.67. The number of aromatic nitrogens is 3. The van der Waals surface area contributed by atoms with Crippen LogP contribution < -0.4 is 16.6 Å². The number of alkyl halides is 3. The predicted molar refractivity (Wildman–Crippen MR) is 136 cm³/mol. The Balaban J connectivity index is 1.60. The predicted octanol–water partition coefficient (Wildman–Crippen LogP) is 5.12. The molecule has 0 radical (unpaired) electrons. The van der Waals surface area contributed by atoms with Crippen molar-refractivity contribution in [1.82, 2.24) is 14.0 Å². The van der Waals surface area contributed by atoms with Crippen LogP contribution in [0.3, 0.4) is 0 Å². The SMILES string of the molecule is CCc1nc2n(CC(=O)Nc3ccc(C(F)(F)F)cc3)c3ccccc3n2c(=O)c1-c1ccccc1N. The molecule has 0 bridgehead atoms. The van der Waals surface area contributed by atoms with Gasteiger partial charge < -0.3 is 15.6 Å². The summed E-state index contributed by atoms with van der Waals surface area (Å²) in [6.07, 6.45) is -4.01. The monoisotopic (exact) mass is 505 g/mol. The summed E-state index contributed by atoms with van der Waals surface area (Å²) in [6, 6.07) is 18.4. The van der Waals surface area contributed by atoms with Crippen LogP contribution in [0, 0.1) is 0 Å². The average molecular weight is 506 g/mol. The van der Waals surface area contributed by atoms with Crippen LogP contribution in [0.5, 0.6) is 0 Å². The number of rotatable bonds is 5. The van der Waals surface area contributed by atoms with Crippen LogP contribution >= 0.6 is 0 Å². The van der Waals surface area contributed by atoms with Gasteiger partial charge in [-0.3, -0.25) is 9.59 Å². The molecule has 10 heteroatoms. The van der Waals surface area contributed by atoms with Gasteiger partial charge in [0.1, 0.15) is 6.54 Å². The van der Waals surface area contributed by atoms with Crippen molar-refractivity contribution in [2.24, 2.45) is 0 Å². The summed E-state index contributed by atoms with van der Waals surface area (Å²) in [5, 5.41) is 2.62. The third-order valence-electron chi connectivity index (χ3n) is 6.16. The fraction of sp³-hybridized carbons (Fsp3) is 0.148. The molecule has 5 aromatic rings. The first-order valence-corrected chi connectivity index (χ1v) is 11.5. The summed E-state index contributed by atoms with van der Waals surface area (Å²) in [5.74, 6) is -0.199. The van der Waals surface area contributed by atoms with Crippen molar-refractivity contribution in [3.63, 3.8) is 0 Å². The number of fused-ring (bicyclic) bond motifs is 3. The van der Waals surface area contributed by atoms with Crippen molar-refractivity contribution < 1.29 is 18.0 Å². The van der Waals surface area contributed by atoms with Crippen molar-refractivity contribution in [1.29, 1.82) is 0 Å². The van der Waals surface area contributed by atoms with Gasteiger partial charge in [-0.2, -0.15) is 13.2 Å². The molecule has 2 aromatic heterocycles. The van der Waals surface area contributed by atoms with E-state index in [-0.39, 0.29) is 23.6 Å². The number of nitrogen functional groups attached to an aromatic ring is 1. The summed E-state index contributed by atoms with van der Waals surface area (Å²) < 4.78 is 41.6. The molecule has 0 unspecified atom stereocenters. The van der Waals surface area contributed by atoms with Gasteiger partial charge in [0, 0.05) is 16.9 Å². The van der Waals surface area contributed by atoms with E-state index in [0.717, 1.165) is 12.1 Å². The number of halogens is 3. The molecule has 2 heterocycles. The number of carbonyl (C=O) groups excluding carboxylic acids is 1. The van der Waals surface area contributed by atoms with Crippen LogP contribution in [0.1, 0.15) is 18.2 Å². The Hall–Kier alpha value is -4.60. The van der Waals surface area contributed by atoms with Crippen LogP contribution in [0.25, 0.3) is 27.9 Å².